The summed E-state index contributed by atoms with van der Waals surface area (Å²) in [5, 5.41) is 12.1. The number of aromatic nitrogens is 1. The van der Waals surface area contributed by atoms with Crippen LogP contribution in [0.15, 0.2) is 34.9 Å². The number of carboxylic acid groups (broad SMARTS) is 1. The van der Waals surface area contributed by atoms with Gasteiger partial charge >= 0.3 is 5.97 Å². The van der Waals surface area contributed by atoms with Crippen LogP contribution in [-0.4, -0.2) is 29.2 Å². The molecule has 0 aliphatic rings. The first-order valence-electron chi connectivity index (χ1n) is 6.24. The lowest BCUT2D eigenvalue weighted by Crippen LogP contribution is -2.21. The van der Waals surface area contributed by atoms with Gasteiger partial charge in [0.2, 0.25) is 5.89 Å². The molecule has 106 valence electrons. The van der Waals surface area contributed by atoms with Crippen molar-refractivity contribution < 1.29 is 19.1 Å². The van der Waals surface area contributed by atoms with Crippen molar-refractivity contribution in [3.05, 3.63) is 47.7 Å². The summed E-state index contributed by atoms with van der Waals surface area (Å²) in [5.74, 6) is 0.763. The molecule has 1 heterocycles. The van der Waals surface area contributed by atoms with E-state index in [1.165, 1.54) is 6.07 Å². The van der Waals surface area contributed by atoms with Crippen molar-refractivity contribution >= 4 is 5.97 Å². The Labute approximate surface area is 116 Å². The quantitative estimate of drug-likeness (QED) is 0.751. The number of nitrogens with one attached hydrogen (secondary N) is 1. The Hall–Kier alpha value is -2.34. The highest BCUT2D eigenvalue weighted by molar-refractivity contribution is 5.90. The van der Waals surface area contributed by atoms with Crippen LogP contribution < -0.4 is 10.1 Å². The first kappa shape index (κ1) is 14.1. The normalized spacial score (nSPS) is 10.4. The average Bonchev–Trinajstić information content (AvgIpc) is 2.84. The second-order valence-corrected chi connectivity index (χ2v) is 4.19. The van der Waals surface area contributed by atoms with Crippen molar-refractivity contribution in [3.8, 4) is 5.75 Å². The molecule has 0 radical (unpaired) electrons. The van der Waals surface area contributed by atoms with Gasteiger partial charge in [-0.25, -0.2) is 9.78 Å². The Kier molecular flexibility index (Phi) is 4.73. The molecule has 2 rings (SSSR count). The van der Waals surface area contributed by atoms with E-state index in [-0.39, 0.29) is 5.56 Å². The number of para-hydroxylation sites is 1. The molecule has 0 fully saturated rings. The number of oxazole rings is 1. The molecule has 1 aromatic carbocycles. The van der Waals surface area contributed by atoms with Gasteiger partial charge < -0.3 is 19.6 Å². The molecule has 0 saturated carbocycles. The van der Waals surface area contributed by atoms with Crippen LogP contribution in [0.1, 0.15) is 22.0 Å². The standard InChI is InChI=1S/C14H16N2O4/c1-10-8-16-13(20-10)9-15-6-7-19-12-5-3-2-4-11(12)14(17)18/h2-5,8,15H,6-7,9H2,1H3,(H,17,18). The number of benzene rings is 1. The Morgan fingerprint density at radius 2 is 2.25 bits per heavy atom. The van der Waals surface area contributed by atoms with Crippen molar-refractivity contribution in [1.29, 1.82) is 0 Å². The van der Waals surface area contributed by atoms with E-state index < -0.39 is 5.97 Å². The number of nitrogens with zero attached hydrogens (tertiary/aromatic N) is 1. The zero-order valence-corrected chi connectivity index (χ0v) is 11.1. The number of hydrogen-bond acceptors (Lipinski definition) is 5. The predicted octanol–water partition coefficient (Wildman–Crippen LogP) is 1.85. The second-order valence-electron chi connectivity index (χ2n) is 4.19. The third-order valence-corrected chi connectivity index (χ3v) is 2.60. The summed E-state index contributed by atoms with van der Waals surface area (Å²) in [6.45, 7) is 3.28. The fourth-order valence-electron chi connectivity index (χ4n) is 1.68. The fraction of sp³-hybridized carbons (Fsp3) is 0.286. The van der Waals surface area contributed by atoms with Gasteiger partial charge in [0, 0.05) is 6.54 Å². The Balaban J connectivity index is 1.75. The van der Waals surface area contributed by atoms with Crippen LogP contribution >= 0.6 is 0 Å². The summed E-state index contributed by atoms with van der Waals surface area (Å²) < 4.78 is 10.8. The molecule has 0 aliphatic heterocycles. The molecule has 0 atom stereocenters. The summed E-state index contributed by atoms with van der Waals surface area (Å²) in [7, 11) is 0. The van der Waals surface area contributed by atoms with Gasteiger partial charge in [0.15, 0.2) is 0 Å². The minimum Gasteiger partial charge on any atom is -0.491 e. The molecular formula is C14H16N2O4. The summed E-state index contributed by atoms with van der Waals surface area (Å²) in [4.78, 5) is 15.0. The van der Waals surface area contributed by atoms with E-state index in [1.54, 1.807) is 24.4 Å². The molecule has 0 bridgehead atoms. The molecule has 6 heteroatoms. The first-order valence-corrected chi connectivity index (χ1v) is 6.24. The van der Waals surface area contributed by atoms with Crippen molar-refractivity contribution in [1.82, 2.24) is 10.3 Å². The third-order valence-electron chi connectivity index (χ3n) is 2.60. The van der Waals surface area contributed by atoms with Crippen LogP contribution in [0.2, 0.25) is 0 Å². The van der Waals surface area contributed by atoms with Gasteiger partial charge in [-0.05, 0) is 19.1 Å². The first-order chi connectivity index (χ1) is 9.66. The lowest BCUT2D eigenvalue weighted by molar-refractivity contribution is 0.0692. The average molecular weight is 276 g/mol. The van der Waals surface area contributed by atoms with E-state index in [4.69, 9.17) is 14.3 Å². The van der Waals surface area contributed by atoms with E-state index >= 15 is 0 Å². The van der Waals surface area contributed by atoms with Gasteiger partial charge in [-0.15, -0.1) is 0 Å². The molecule has 6 nitrogen and oxygen atoms in total. The Bertz CT molecular complexity index is 580. The minimum absolute atomic E-state index is 0.163. The predicted molar refractivity (Wildman–Crippen MR) is 71.8 cm³/mol. The summed E-state index contributed by atoms with van der Waals surface area (Å²) in [5.41, 5.74) is 0.163. The van der Waals surface area contributed by atoms with Crippen molar-refractivity contribution in [2.75, 3.05) is 13.2 Å². The van der Waals surface area contributed by atoms with Gasteiger partial charge in [0.1, 0.15) is 23.7 Å². The zero-order valence-electron chi connectivity index (χ0n) is 11.1. The topological polar surface area (TPSA) is 84.6 Å². The van der Waals surface area contributed by atoms with Crippen LogP contribution in [0, 0.1) is 6.92 Å². The van der Waals surface area contributed by atoms with E-state index in [2.05, 4.69) is 10.3 Å². The smallest absolute Gasteiger partial charge is 0.339 e. The number of hydrogen-bond donors (Lipinski definition) is 2. The highest BCUT2D eigenvalue weighted by atomic mass is 16.5. The molecule has 2 N–H and O–H groups in total. The van der Waals surface area contributed by atoms with Crippen LogP contribution in [0.5, 0.6) is 5.75 Å². The number of ether oxygens (including phenoxy) is 1. The third kappa shape index (κ3) is 3.83. The molecular weight excluding hydrogens is 260 g/mol. The van der Waals surface area contributed by atoms with E-state index in [0.717, 1.165) is 5.76 Å². The molecule has 1 aromatic heterocycles. The van der Waals surface area contributed by atoms with Gasteiger partial charge in [-0.3, -0.25) is 0 Å². The molecule has 0 saturated heterocycles. The van der Waals surface area contributed by atoms with E-state index in [1.807, 2.05) is 6.92 Å². The van der Waals surface area contributed by atoms with E-state index in [9.17, 15) is 4.79 Å². The van der Waals surface area contributed by atoms with Crippen LogP contribution in [-0.2, 0) is 6.54 Å². The summed E-state index contributed by atoms with van der Waals surface area (Å²) in [6, 6.07) is 6.56. The van der Waals surface area contributed by atoms with E-state index in [0.29, 0.717) is 31.3 Å². The molecule has 0 spiro atoms. The van der Waals surface area contributed by atoms with Crippen molar-refractivity contribution in [3.63, 3.8) is 0 Å². The molecule has 0 unspecified atom stereocenters. The number of rotatable bonds is 7. The fourth-order valence-corrected chi connectivity index (χ4v) is 1.68. The maximum Gasteiger partial charge on any atom is 0.339 e. The highest BCUT2D eigenvalue weighted by Gasteiger charge is 2.09. The number of carbonyl (C=O) groups is 1. The molecule has 2 aromatic rings. The molecule has 0 aliphatic carbocycles. The largest absolute Gasteiger partial charge is 0.491 e. The summed E-state index contributed by atoms with van der Waals surface area (Å²) in [6.07, 6.45) is 1.66. The summed E-state index contributed by atoms with van der Waals surface area (Å²) >= 11 is 0. The van der Waals surface area contributed by atoms with Gasteiger partial charge in [0.25, 0.3) is 0 Å². The Morgan fingerprint density at radius 3 is 2.95 bits per heavy atom. The van der Waals surface area contributed by atoms with Crippen molar-refractivity contribution in [2.45, 2.75) is 13.5 Å². The lowest BCUT2D eigenvalue weighted by atomic mass is 10.2. The van der Waals surface area contributed by atoms with Crippen LogP contribution in [0.25, 0.3) is 0 Å². The lowest BCUT2D eigenvalue weighted by Gasteiger charge is -2.09. The monoisotopic (exact) mass is 276 g/mol. The van der Waals surface area contributed by atoms with Gasteiger partial charge in [-0.2, -0.15) is 0 Å². The van der Waals surface area contributed by atoms with Gasteiger partial charge in [0.05, 0.1) is 12.7 Å². The molecule has 0 amide bonds. The zero-order chi connectivity index (χ0) is 14.4. The minimum atomic E-state index is -0.996. The number of aromatic carboxylic acids is 1. The maximum atomic E-state index is 11.0. The molecule has 20 heavy (non-hydrogen) atoms. The second kappa shape index (κ2) is 6.72. The highest BCUT2D eigenvalue weighted by Crippen LogP contribution is 2.17. The Morgan fingerprint density at radius 1 is 1.45 bits per heavy atom. The van der Waals surface area contributed by atoms with Crippen molar-refractivity contribution in [2.24, 2.45) is 0 Å². The number of aryl methyl sites for hydroxylation is 1. The van der Waals surface area contributed by atoms with Gasteiger partial charge in [-0.1, -0.05) is 12.1 Å². The maximum absolute atomic E-state index is 11.0. The van der Waals surface area contributed by atoms with Crippen LogP contribution in [0.3, 0.4) is 0 Å². The SMILES string of the molecule is Cc1cnc(CNCCOc2ccccc2C(=O)O)o1. The number of carboxylic acids is 1. The van der Waals surface area contributed by atoms with Crippen LogP contribution in [0.4, 0.5) is 0 Å².